The number of benzene rings is 2. The van der Waals surface area contributed by atoms with Crippen LogP contribution in [0.5, 0.6) is 0 Å². The molecule has 1 atom stereocenters. The van der Waals surface area contributed by atoms with Crippen LogP contribution in [0.4, 0.5) is 5.69 Å². The lowest BCUT2D eigenvalue weighted by molar-refractivity contribution is 0.0715. The number of hydrogen-bond donors (Lipinski definition) is 2. The first-order valence-electron chi connectivity index (χ1n) is 6.73. The Morgan fingerprint density at radius 2 is 1.63 bits per heavy atom. The van der Waals surface area contributed by atoms with Crippen molar-refractivity contribution in [1.29, 1.82) is 0 Å². The van der Waals surface area contributed by atoms with Crippen molar-refractivity contribution in [3.63, 3.8) is 0 Å². The molecule has 0 aliphatic heterocycles. The van der Waals surface area contributed by atoms with E-state index >= 15 is 0 Å². The molecule has 1 unspecified atom stereocenters. The summed E-state index contributed by atoms with van der Waals surface area (Å²) in [5.74, 6) is 0. The summed E-state index contributed by atoms with van der Waals surface area (Å²) in [4.78, 5) is 0. The first-order valence-corrected chi connectivity index (χ1v) is 6.73. The summed E-state index contributed by atoms with van der Waals surface area (Å²) >= 11 is 0. The molecule has 0 saturated heterocycles. The topological polar surface area (TPSA) is 32.3 Å². The molecule has 0 fully saturated rings. The van der Waals surface area contributed by atoms with E-state index in [1.165, 1.54) is 5.56 Å². The molecule has 0 bridgehead atoms. The minimum atomic E-state index is -0.873. The van der Waals surface area contributed by atoms with Gasteiger partial charge in [0.25, 0.3) is 0 Å². The van der Waals surface area contributed by atoms with Gasteiger partial charge in [0, 0.05) is 12.2 Å². The third-order valence-corrected chi connectivity index (χ3v) is 3.42. The van der Waals surface area contributed by atoms with E-state index in [1.54, 1.807) is 0 Å². The first kappa shape index (κ1) is 13.6. The van der Waals surface area contributed by atoms with Gasteiger partial charge < -0.3 is 10.4 Å². The van der Waals surface area contributed by atoms with Gasteiger partial charge in [-0.3, -0.25) is 0 Å². The lowest BCUT2D eigenvalue weighted by Gasteiger charge is -2.25. The van der Waals surface area contributed by atoms with E-state index in [4.69, 9.17) is 0 Å². The van der Waals surface area contributed by atoms with Gasteiger partial charge in [0.2, 0.25) is 0 Å². The normalized spacial score (nSPS) is 13.8. The van der Waals surface area contributed by atoms with Crippen LogP contribution in [0.3, 0.4) is 0 Å². The predicted octanol–water partition coefficient (Wildman–Crippen LogP) is 3.57. The van der Waals surface area contributed by atoms with E-state index in [0.717, 1.165) is 17.7 Å². The van der Waals surface area contributed by atoms with Crippen LogP contribution in [0.25, 0.3) is 0 Å². The molecule has 2 aromatic carbocycles. The quantitative estimate of drug-likeness (QED) is 0.856. The molecule has 2 rings (SSSR count). The fraction of sp³-hybridized carbons (Fsp3) is 0.294. The van der Waals surface area contributed by atoms with Crippen molar-refractivity contribution in [3.8, 4) is 0 Å². The summed E-state index contributed by atoms with van der Waals surface area (Å²) in [6.07, 6.45) is 0.983. The van der Waals surface area contributed by atoms with Crippen LogP contribution in [-0.2, 0) is 12.0 Å². The van der Waals surface area contributed by atoms with Crippen molar-refractivity contribution in [2.24, 2.45) is 0 Å². The number of anilines is 1. The van der Waals surface area contributed by atoms with Gasteiger partial charge in [-0.2, -0.15) is 0 Å². The highest BCUT2D eigenvalue weighted by atomic mass is 16.3. The lowest BCUT2D eigenvalue weighted by Crippen LogP contribution is -2.30. The minimum Gasteiger partial charge on any atom is -0.384 e. The van der Waals surface area contributed by atoms with Crippen LogP contribution in [0.15, 0.2) is 54.6 Å². The summed E-state index contributed by atoms with van der Waals surface area (Å²) in [6.45, 7) is 4.47. The summed E-state index contributed by atoms with van der Waals surface area (Å²) in [5.41, 5.74) is 2.42. The molecule has 0 saturated carbocycles. The predicted molar refractivity (Wildman–Crippen MR) is 80.3 cm³/mol. The molecule has 19 heavy (non-hydrogen) atoms. The molecule has 2 N–H and O–H groups in total. The number of aryl methyl sites for hydroxylation is 1. The number of aliphatic hydroxyl groups is 1. The Balaban J connectivity index is 2.10. The van der Waals surface area contributed by atoms with Gasteiger partial charge in [-0.1, -0.05) is 55.5 Å². The standard InChI is InChI=1S/C17H21NO/c1-3-14-9-7-8-12-16(14)18-13-17(2,19)15-10-5-4-6-11-15/h4-12,18-19H,3,13H2,1-2H3. The van der Waals surface area contributed by atoms with E-state index in [2.05, 4.69) is 24.4 Å². The number of nitrogens with one attached hydrogen (secondary N) is 1. The second kappa shape index (κ2) is 5.89. The van der Waals surface area contributed by atoms with Crippen LogP contribution in [0.1, 0.15) is 25.0 Å². The number of rotatable bonds is 5. The molecule has 0 aliphatic carbocycles. The molecule has 2 aromatic rings. The summed E-state index contributed by atoms with van der Waals surface area (Å²) in [7, 11) is 0. The zero-order valence-corrected chi connectivity index (χ0v) is 11.6. The average molecular weight is 255 g/mol. The van der Waals surface area contributed by atoms with Gasteiger partial charge in [-0.15, -0.1) is 0 Å². The van der Waals surface area contributed by atoms with Crippen LogP contribution in [0, 0.1) is 0 Å². The maximum absolute atomic E-state index is 10.5. The summed E-state index contributed by atoms with van der Waals surface area (Å²) < 4.78 is 0. The number of hydrogen-bond acceptors (Lipinski definition) is 2. The number of para-hydroxylation sites is 1. The highest BCUT2D eigenvalue weighted by Gasteiger charge is 2.22. The van der Waals surface area contributed by atoms with Gasteiger partial charge in [0.05, 0.1) is 0 Å². The van der Waals surface area contributed by atoms with Crippen molar-refractivity contribution < 1.29 is 5.11 Å². The van der Waals surface area contributed by atoms with Gasteiger partial charge in [0.1, 0.15) is 5.60 Å². The largest absolute Gasteiger partial charge is 0.384 e. The van der Waals surface area contributed by atoms with E-state index in [9.17, 15) is 5.11 Å². The molecular weight excluding hydrogens is 234 g/mol. The molecule has 0 aromatic heterocycles. The van der Waals surface area contributed by atoms with Gasteiger partial charge in [0.15, 0.2) is 0 Å². The lowest BCUT2D eigenvalue weighted by atomic mass is 9.96. The maximum Gasteiger partial charge on any atom is 0.104 e. The zero-order valence-electron chi connectivity index (χ0n) is 11.6. The monoisotopic (exact) mass is 255 g/mol. The highest BCUT2D eigenvalue weighted by molar-refractivity contribution is 5.51. The Bertz CT molecular complexity index is 520. The van der Waals surface area contributed by atoms with Gasteiger partial charge >= 0.3 is 0 Å². The van der Waals surface area contributed by atoms with Crippen molar-refractivity contribution in [2.75, 3.05) is 11.9 Å². The Labute approximate surface area is 115 Å². The van der Waals surface area contributed by atoms with Crippen LogP contribution in [0.2, 0.25) is 0 Å². The van der Waals surface area contributed by atoms with E-state index in [-0.39, 0.29) is 0 Å². The average Bonchev–Trinajstić information content (AvgIpc) is 2.46. The fourth-order valence-corrected chi connectivity index (χ4v) is 2.17. The third kappa shape index (κ3) is 3.36. The molecule has 0 radical (unpaired) electrons. The fourth-order valence-electron chi connectivity index (χ4n) is 2.17. The SMILES string of the molecule is CCc1ccccc1NCC(C)(O)c1ccccc1. The molecule has 100 valence electrons. The van der Waals surface area contributed by atoms with Gasteiger partial charge in [-0.05, 0) is 30.5 Å². The molecule has 2 heteroatoms. The summed E-state index contributed by atoms with van der Waals surface area (Å²) in [6, 6.07) is 18.0. The van der Waals surface area contributed by atoms with Crippen molar-refractivity contribution in [1.82, 2.24) is 0 Å². The second-order valence-corrected chi connectivity index (χ2v) is 5.00. The van der Waals surface area contributed by atoms with Crippen molar-refractivity contribution in [2.45, 2.75) is 25.9 Å². The third-order valence-electron chi connectivity index (χ3n) is 3.42. The van der Waals surface area contributed by atoms with Crippen LogP contribution < -0.4 is 5.32 Å². The molecule has 0 spiro atoms. The second-order valence-electron chi connectivity index (χ2n) is 5.00. The maximum atomic E-state index is 10.5. The Morgan fingerprint density at radius 1 is 1.00 bits per heavy atom. The molecule has 2 nitrogen and oxygen atoms in total. The van der Waals surface area contributed by atoms with Crippen molar-refractivity contribution >= 4 is 5.69 Å². The first-order chi connectivity index (χ1) is 9.13. The Hall–Kier alpha value is -1.80. The Morgan fingerprint density at radius 3 is 2.32 bits per heavy atom. The summed E-state index contributed by atoms with van der Waals surface area (Å²) in [5, 5.41) is 13.9. The molecule has 0 heterocycles. The van der Waals surface area contributed by atoms with Crippen LogP contribution in [-0.4, -0.2) is 11.7 Å². The van der Waals surface area contributed by atoms with E-state index < -0.39 is 5.60 Å². The van der Waals surface area contributed by atoms with Crippen LogP contribution >= 0.6 is 0 Å². The highest BCUT2D eigenvalue weighted by Crippen LogP contribution is 2.22. The Kier molecular flexibility index (Phi) is 4.23. The van der Waals surface area contributed by atoms with E-state index in [0.29, 0.717) is 6.54 Å². The molecule has 0 aliphatic rings. The van der Waals surface area contributed by atoms with E-state index in [1.807, 2.05) is 49.4 Å². The van der Waals surface area contributed by atoms with Gasteiger partial charge in [-0.25, -0.2) is 0 Å². The smallest absolute Gasteiger partial charge is 0.104 e. The van der Waals surface area contributed by atoms with Crippen molar-refractivity contribution in [3.05, 3.63) is 65.7 Å². The zero-order chi connectivity index (χ0) is 13.7. The molecule has 0 amide bonds. The molecular formula is C17H21NO. The minimum absolute atomic E-state index is 0.494.